The van der Waals surface area contributed by atoms with Crippen LogP contribution in [0.3, 0.4) is 0 Å². The largest absolute Gasteiger partial charge is 0.314 e. The molecule has 3 fully saturated rings. The Kier molecular flexibility index (Phi) is 4.91. The zero-order valence-electron chi connectivity index (χ0n) is 13.3. The molecule has 0 aromatic carbocycles. The van der Waals surface area contributed by atoms with Gasteiger partial charge in [-0.05, 0) is 64.0 Å². The van der Waals surface area contributed by atoms with Crippen molar-refractivity contribution in [2.75, 3.05) is 25.9 Å². The van der Waals surface area contributed by atoms with Crippen molar-refractivity contribution in [3.63, 3.8) is 0 Å². The molecule has 0 aromatic rings. The lowest BCUT2D eigenvalue weighted by Crippen LogP contribution is -2.49. The fraction of sp³-hybridized carbons (Fsp3) is 1.00. The van der Waals surface area contributed by atoms with Crippen molar-refractivity contribution in [2.45, 2.75) is 68.7 Å². The molecule has 2 aliphatic heterocycles. The lowest BCUT2D eigenvalue weighted by molar-refractivity contribution is 0.0872. The Labute approximate surface area is 129 Å². The Morgan fingerprint density at radius 2 is 1.90 bits per heavy atom. The zero-order chi connectivity index (χ0) is 14.9. The molecule has 0 amide bonds. The van der Waals surface area contributed by atoms with Crippen molar-refractivity contribution in [1.82, 2.24) is 10.2 Å². The summed E-state index contributed by atoms with van der Waals surface area (Å²) in [6.45, 7) is 3.53. The SMILES string of the molecule is CS(=O)(=O)C1CCCC(N2CCCC(C3CCCN3)C2)C1. The summed E-state index contributed by atoms with van der Waals surface area (Å²) in [7, 11) is -2.87. The standard InChI is InChI=1S/C16H30N2O2S/c1-21(19,20)15-7-2-6-14(11-15)18-10-4-5-13(12-18)16-8-3-9-17-16/h13-17H,2-12H2,1H3. The molecule has 122 valence electrons. The summed E-state index contributed by atoms with van der Waals surface area (Å²) in [4.78, 5) is 2.62. The van der Waals surface area contributed by atoms with Gasteiger partial charge in [-0.3, -0.25) is 0 Å². The van der Waals surface area contributed by atoms with E-state index in [1.54, 1.807) is 0 Å². The molecule has 4 nitrogen and oxygen atoms in total. The highest BCUT2D eigenvalue weighted by Crippen LogP contribution is 2.32. The number of hydrogen-bond acceptors (Lipinski definition) is 4. The second-order valence-corrected chi connectivity index (χ2v) is 9.70. The van der Waals surface area contributed by atoms with E-state index in [1.807, 2.05) is 0 Å². The van der Waals surface area contributed by atoms with Gasteiger partial charge in [-0.1, -0.05) is 6.42 Å². The quantitative estimate of drug-likeness (QED) is 0.863. The average molecular weight is 314 g/mol. The molecule has 4 unspecified atom stereocenters. The lowest BCUT2D eigenvalue weighted by Gasteiger charge is -2.43. The van der Waals surface area contributed by atoms with Gasteiger partial charge in [0.2, 0.25) is 0 Å². The normalized spacial score (nSPS) is 39.5. The minimum absolute atomic E-state index is 0.0961. The molecule has 3 aliphatic rings. The van der Waals surface area contributed by atoms with Gasteiger partial charge in [0.05, 0.1) is 5.25 Å². The Morgan fingerprint density at radius 1 is 1.05 bits per heavy atom. The molecular weight excluding hydrogens is 284 g/mol. The maximum atomic E-state index is 11.9. The van der Waals surface area contributed by atoms with Gasteiger partial charge in [-0.15, -0.1) is 0 Å². The third kappa shape index (κ3) is 3.80. The van der Waals surface area contributed by atoms with E-state index in [0.29, 0.717) is 12.1 Å². The maximum absolute atomic E-state index is 11.9. The van der Waals surface area contributed by atoms with E-state index in [4.69, 9.17) is 0 Å². The topological polar surface area (TPSA) is 49.4 Å². The van der Waals surface area contributed by atoms with Crippen molar-refractivity contribution in [2.24, 2.45) is 5.92 Å². The summed E-state index contributed by atoms with van der Waals surface area (Å²) in [5, 5.41) is 3.56. The first-order valence-electron chi connectivity index (χ1n) is 8.70. The molecule has 4 atom stereocenters. The summed E-state index contributed by atoms with van der Waals surface area (Å²) in [6.07, 6.45) is 10.7. The number of likely N-dealkylation sites (tertiary alicyclic amines) is 1. The number of nitrogens with zero attached hydrogens (tertiary/aromatic N) is 1. The Hall–Kier alpha value is -0.130. The van der Waals surface area contributed by atoms with Crippen molar-refractivity contribution in [3.05, 3.63) is 0 Å². The molecule has 0 aromatic heterocycles. The van der Waals surface area contributed by atoms with E-state index < -0.39 is 9.84 Å². The second-order valence-electron chi connectivity index (χ2n) is 7.37. The van der Waals surface area contributed by atoms with Crippen LogP contribution in [0.1, 0.15) is 51.4 Å². The first kappa shape index (κ1) is 15.8. The maximum Gasteiger partial charge on any atom is 0.150 e. The predicted molar refractivity (Wildman–Crippen MR) is 86.2 cm³/mol. The average Bonchev–Trinajstić information content (AvgIpc) is 3.01. The first-order valence-corrected chi connectivity index (χ1v) is 10.7. The monoisotopic (exact) mass is 314 g/mol. The molecule has 3 rings (SSSR count). The molecule has 1 aliphatic carbocycles. The van der Waals surface area contributed by atoms with Crippen LogP contribution in [0.5, 0.6) is 0 Å². The van der Waals surface area contributed by atoms with Crippen molar-refractivity contribution >= 4 is 9.84 Å². The summed E-state index contributed by atoms with van der Waals surface area (Å²) in [6, 6.07) is 1.21. The van der Waals surface area contributed by atoms with Gasteiger partial charge >= 0.3 is 0 Å². The number of hydrogen-bond donors (Lipinski definition) is 1. The van der Waals surface area contributed by atoms with Gasteiger partial charge in [0.25, 0.3) is 0 Å². The van der Waals surface area contributed by atoms with Gasteiger partial charge in [-0.25, -0.2) is 8.42 Å². The fourth-order valence-corrected chi connectivity index (χ4v) is 5.82. The van der Waals surface area contributed by atoms with Crippen molar-refractivity contribution < 1.29 is 8.42 Å². The number of sulfone groups is 1. The van der Waals surface area contributed by atoms with E-state index >= 15 is 0 Å². The van der Waals surface area contributed by atoms with Crippen LogP contribution >= 0.6 is 0 Å². The summed E-state index contributed by atoms with van der Waals surface area (Å²) in [5.41, 5.74) is 0. The van der Waals surface area contributed by atoms with Crippen LogP contribution in [0.4, 0.5) is 0 Å². The molecule has 2 saturated heterocycles. The molecule has 0 bridgehead atoms. The Morgan fingerprint density at radius 3 is 2.62 bits per heavy atom. The van der Waals surface area contributed by atoms with E-state index in [0.717, 1.165) is 25.2 Å². The van der Waals surface area contributed by atoms with Crippen LogP contribution in [0.25, 0.3) is 0 Å². The van der Waals surface area contributed by atoms with Gasteiger partial charge in [-0.2, -0.15) is 0 Å². The summed E-state index contributed by atoms with van der Waals surface area (Å²) < 4.78 is 23.7. The fourth-order valence-electron chi connectivity index (χ4n) is 4.66. The van der Waals surface area contributed by atoms with E-state index in [9.17, 15) is 8.42 Å². The molecule has 1 N–H and O–H groups in total. The highest BCUT2D eigenvalue weighted by atomic mass is 32.2. The molecule has 2 heterocycles. The number of nitrogens with one attached hydrogen (secondary N) is 1. The van der Waals surface area contributed by atoms with Gasteiger partial charge < -0.3 is 10.2 Å². The molecular formula is C16H30N2O2S. The highest BCUT2D eigenvalue weighted by Gasteiger charge is 2.35. The summed E-state index contributed by atoms with van der Waals surface area (Å²) >= 11 is 0. The van der Waals surface area contributed by atoms with Gasteiger partial charge in [0.1, 0.15) is 9.84 Å². The van der Waals surface area contributed by atoms with Crippen molar-refractivity contribution in [1.29, 1.82) is 0 Å². The Balaban J connectivity index is 1.60. The third-order valence-electron chi connectivity index (χ3n) is 5.88. The second kappa shape index (κ2) is 6.55. The highest BCUT2D eigenvalue weighted by molar-refractivity contribution is 7.91. The first-order chi connectivity index (χ1) is 10.0. The predicted octanol–water partition coefficient (Wildman–Crippen LogP) is 1.81. The molecule has 1 saturated carbocycles. The van der Waals surface area contributed by atoms with E-state index in [-0.39, 0.29) is 5.25 Å². The zero-order valence-corrected chi connectivity index (χ0v) is 14.1. The number of rotatable bonds is 3. The summed E-state index contributed by atoms with van der Waals surface area (Å²) in [5.74, 6) is 0.778. The van der Waals surface area contributed by atoms with Crippen LogP contribution in [-0.4, -0.2) is 56.5 Å². The molecule has 5 heteroatoms. The van der Waals surface area contributed by atoms with Crippen LogP contribution < -0.4 is 5.32 Å². The third-order valence-corrected chi connectivity index (χ3v) is 7.52. The lowest BCUT2D eigenvalue weighted by atomic mass is 9.86. The number of piperidine rings is 1. The molecule has 0 radical (unpaired) electrons. The van der Waals surface area contributed by atoms with Gasteiger partial charge in [0, 0.05) is 24.9 Å². The minimum atomic E-state index is -2.87. The Bertz CT molecular complexity index is 445. The van der Waals surface area contributed by atoms with Crippen LogP contribution in [0.2, 0.25) is 0 Å². The van der Waals surface area contributed by atoms with Gasteiger partial charge in [0.15, 0.2) is 0 Å². The van der Waals surface area contributed by atoms with Crippen molar-refractivity contribution in [3.8, 4) is 0 Å². The smallest absolute Gasteiger partial charge is 0.150 e. The molecule has 0 spiro atoms. The van der Waals surface area contributed by atoms with E-state index in [2.05, 4.69) is 10.2 Å². The van der Waals surface area contributed by atoms with Crippen LogP contribution in [0.15, 0.2) is 0 Å². The van der Waals surface area contributed by atoms with Crippen LogP contribution in [-0.2, 0) is 9.84 Å². The molecule has 21 heavy (non-hydrogen) atoms. The van der Waals surface area contributed by atoms with Crippen LogP contribution in [0, 0.1) is 5.92 Å². The minimum Gasteiger partial charge on any atom is -0.314 e. The van der Waals surface area contributed by atoms with E-state index in [1.165, 1.54) is 58.0 Å².